The zero-order chi connectivity index (χ0) is 16.2. The minimum atomic E-state index is -4.14. The molecule has 0 spiro atoms. The summed E-state index contributed by atoms with van der Waals surface area (Å²) in [6, 6.07) is 4.75. The Balaban J connectivity index is 3.00. The van der Waals surface area contributed by atoms with Gasteiger partial charge >= 0.3 is 12.6 Å². The summed E-state index contributed by atoms with van der Waals surface area (Å²) < 4.78 is 54.6. The van der Waals surface area contributed by atoms with Gasteiger partial charge in [-0.2, -0.15) is 8.78 Å². The van der Waals surface area contributed by atoms with Crippen molar-refractivity contribution in [3.8, 4) is 5.75 Å². The molecule has 0 radical (unpaired) electrons. The second-order valence-corrected chi connectivity index (χ2v) is 6.31. The molecule has 6 nitrogen and oxygen atoms in total. The van der Waals surface area contributed by atoms with Crippen LogP contribution in [0.2, 0.25) is 0 Å². The minimum absolute atomic E-state index is 0.175. The highest BCUT2D eigenvalue weighted by Gasteiger charge is 2.30. The van der Waals surface area contributed by atoms with Crippen molar-refractivity contribution in [1.82, 2.24) is 4.72 Å². The number of benzene rings is 1. The van der Waals surface area contributed by atoms with Crippen molar-refractivity contribution in [2.24, 2.45) is 0 Å². The van der Waals surface area contributed by atoms with E-state index in [0.717, 1.165) is 6.92 Å². The molecule has 0 aliphatic heterocycles. The quantitative estimate of drug-likeness (QED) is 0.797. The number of nitrogens with one attached hydrogen (secondary N) is 1. The van der Waals surface area contributed by atoms with Crippen LogP contribution >= 0.6 is 0 Å². The summed E-state index contributed by atoms with van der Waals surface area (Å²) in [5.74, 6) is -1.68. The Labute approximate surface area is 120 Å². The van der Waals surface area contributed by atoms with Crippen LogP contribution in [0.25, 0.3) is 0 Å². The van der Waals surface area contributed by atoms with Crippen LogP contribution in [0.3, 0.4) is 0 Å². The van der Waals surface area contributed by atoms with Gasteiger partial charge < -0.3 is 9.84 Å². The second-order valence-electron chi connectivity index (χ2n) is 4.28. The van der Waals surface area contributed by atoms with Crippen LogP contribution in [-0.4, -0.2) is 31.4 Å². The number of hydrogen-bond acceptors (Lipinski definition) is 4. The van der Waals surface area contributed by atoms with Crippen LogP contribution in [0.15, 0.2) is 24.3 Å². The molecule has 0 amide bonds. The van der Waals surface area contributed by atoms with Gasteiger partial charge in [0.25, 0.3) is 0 Å². The summed E-state index contributed by atoms with van der Waals surface area (Å²) in [5, 5.41) is 7.07. The lowest BCUT2D eigenvalue weighted by molar-refractivity contribution is -0.136. The van der Waals surface area contributed by atoms with Crippen molar-refractivity contribution in [2.45, 2.75) is 31.8 Å². The Morgan fingerprint density at radius 2 is 1.86 bits per heavy atom. The van der Waals surface area contributed by atoms with E-state index in [1.807, 2.05) is 0 Å². The Bertz CT molecular complexity index is 605. The first-order chi connectivity index (χ1) is 9.65. The van der Waals surface area contributed by atoms with Gasteiger partial charge in [-0.25, -0.2) is 13.1 Å². The lowest BCUT2D eigenvalue weighted by atomic mass is 10.1. The van der Waals surface area contributed by atoms with Gasteiger partial charge in [0, 0.05) is 11.6 Å². The molecule has 2 N–H and O–H groups in total. The van der Waals surface area contributed by atoms with Gasteiger partial charge in [-0.3, -0.25) is 4.79 Å². The first-order valence-electron chi connectivity index (χ1n) is 5.93. The van der Waals surface area contributed by atoms with Crippen LogP contribution in [0.5, 0.6) is 5.75 Å². The number of alkyl halides is 2. The van der Waals surface area contributed by atoms with Gasteiger partial charge in [0.15, 0.2) is 5.25 Å². The van der Waals surface area contributed by atoms with Crippen LogP contribution < -0.4 is 9.46 Å². The maximum Gasteiger partial charge on any atom is 0.387 e. The predicted octanol–water partition coefficient (Wildman–Crippen LogP) is 1.74. The molecule has 9 heteroatoms. The third-order valence-electron chi connectivity index (χ3n) is 2.76. The Kier molecular flexibility index (Phi) is 5.62. The summed E-state index contributed by atoms with van der Waals surface area (Å²) in [6.07, 6.45) is 0. The molecule has 0 aromatic heterocycles. The van der Waals surface area contributed by atoms with E-state index in [1.54, 1.807) is 0 Å². The maximum absolute atomic E-state index is 12.3. The van der Waals surface area contributed by atoms with E-state index < -0.39 is 33.9 Å². The Morgan fingerprint density at radius 3 is 2.38 bits per heavy atom. The summed E-state index contributed by atoms with van der Waals surface area (Å²) in [4.78, 5) is 10.7. The highest BCUT2D eigenvalue weighted by molar-refractivity contribution is 7.90. The van der Waals surface area contributed by atoms with Gasteiger partial charge in [0.05, 0.1) is 0 Å². The largest absolute Gasteiger partial charge is 0.480 e. The number of para-hydroxylation sites is 1. The molecular weight excluding hydrogens is 308 g/mol. The SMILES string of the molecule is CC(NS(=O)(=O)C(C)C(=O)O)c1ccccc1OC(F)F. The number of carbonyl (C=O) groups is 1. The lowest BCUT2D eigenvalue weighted by Crippen LogP contribution is -2.38. The molecule has 1 rings (SSSR count). The standard InChI is InChI=1S/C12H15F2NO5S/c1-7(15-21(18,19)8(2)11(16)17)9-5-3-4-6-10(9)20-12(13)14/h3-8,12,15H,1-2H3,(H,16,17). The van der Waals surface area contributed by atoms with E-state index in [0.29, 0.717) is 0 Å². The number of aliphatic carboxylic acids is 1. The van der Waals surface area contributed by atoms with Crippen molar-refractivity contribution in [3.05, 3.63) is 29.8 Å². The fourth-order valence-electron chi connectivity index (χ4n) is 1.59. The number of rotatable bonds is 7. The van der Waals surface area contributed by atoms with E-state index in [9.17, 15) is 22.0 Å². The van der Waals surface area contributed by atoms with E-state index >= 15 is 0 Å². The van der Waals surface area contributed by atoms with Crippen LogP contribution in [0.1, 0.15) is 25.5 Å². The predicted molar refractivity (Wildman–Crippen MR) is 70.6 cm³/mol. The molecule has 0 bridgehead atoms. The van der Waals surface area contributed by atoms with Gasteiger partial charge in [-0.05, 0) is 19.9 Å². The number of hydrogen-bond donors (Lipinski definition) is 2. The summed E-state index contributed by atoms with van der Waals surface area (Å²) in [7, 11) is -4.14. The normalized spacial score (nSPS) is 14.7. The van der Waals surface area contributed by atoms with Crippen LogP contribution in [0, 0.1) is 0 Å². The van der Waals surface area contributed by atoms with Crippen LogP contribution in [0.4, 0.5) is 8.78 Å². The molecule has 0 aliphatic carbocycles. The van der Waals surface area contributed by atoms with E-state index in [1.165, 1.54) is 31.2 Å². The molecule has 0 heterocycles. The Hall–Kier alpha value is -1.74. The molecule has 0 saturated carbocycles. The summed E-state index contributed by atoms with van der Waals surface area (Å²) in [5.41, 5.74) is 0.180. The van der Waals surface area contributed by atoms with Crippen molar-refractivity contribution in [3.63, 3.8) is 0 Å². The number of halogens is 2. The average Bonchev–Trinajstić information content (AvgIpc) is 2.36. The van der Waals surface area contributed by atoms with Crippen molar-refractivity contribution < 1.29 is 31.8 Å². The minimum Gasteiger partial charge on any atom is -0.480 e. The van der Waals surface area contributed by atoms with E-state index in [2.05, 4.69) is 9.46 Å². The second kappa shape index (κ2) is 6.81. The topological polar surface area (TPSA) is 92.7 Å². The molecule has 2 unspecified atom stereocenters. The number of sulfonamides is 1. The van der Waals surface area contributed by atoms with Crippen molar-refractivity contribution in [1.29, 1.82) is 0 Å². The Morgan fingerprint density at radius 1 is 1.29 bits per heavy atom. The zero-order valence-corrected chi connectivity index (χ0v) is 12.1. The number of carboxylic acid groups (broad SMARTS) is 1. The van der Waals surface area contributed by atoms with Gasteiger partial charge in [-0.1, -0.05) is 18.2 Å². The molecular formula is C12H15F2NO5S. The molecule has 0 fully saturated rings. The fraction of sp³-hybridized carbons (Fsp3) is 0.417. The van der Waals surface area contributed by atoms with Crippen molar-refractivity contribution >= 4 is 16.0 Å². The molecule has 0 aliphatic rings. The third-order valence-corrected chi connectivity index (χ3v) is 4.57. The number of carboxylic acids is 1. The maximum atomic E-state index is 12.3. The average molecular weight is 323 g/mol. The first-order valence-corrected chi connectivity index (χ1v) is 7.47. The summed E-state index contributed by atoms with van der Waals surface area (Å²) >= 11 is 0. The van der Waals surface area contributed by atoms with Gasteiger partial charge in [0.1, 0.15) is 5.75 Å². The lowest BCUT2D eigenvalue weighted by Gasteiger charge is -2.19. The number of ether oxygens (including phenoxy) is 1. The van der Waals surface area contributed by atoms with Gasteiger partial charge in [0.2, 0.25) is 10.0 Å². The smallest absolute Gasteiger partial charge is 0.387 e. The van der Waals surface area contributed by atoms with E-state index in [4.69, 9.17) is 5.11 Å². The highest BCUT2D eigenvalue weighted by atomic mass is 32.2. The van der Waals surface area contributed by atoms with Crippen molar-refractivity contribution in [2.75, 3.05) is 0 Å². The molecule has 1 aromatic rings. The molecule has 1 aromatic carbocycles. The molecule has 2 atom stereocenters. The summed E-state index contributed by atoms with van der Waals surface area (Å²) in [6.45, 7) is -0.633. The molecule has 0 saturated heterocycles. The monoisotopic (exact) mass is 323 g/mol. The molecule has 118 valence electrons. The van der Waals surface area contributed by atoms with Crippen LogP contribution in [-0.2, 0) is 14.8 Å². The van der Waals surface area contributed by atoms with E-state index in [-0.39, 0.29) is 11.3 Å². The highest BCUT2D eigenvalue weighted by Crippen LogP contribution is 2.27. The third kappa shape index (κ3) is 4.64. The fourth-order valence-corrected chi connectivity index (χ4v) is 2.68. The molecule has 21 heavy (non-hydrogen) atoms. The van der Waals surface area contributed by atoms with Gasteiger partial charge in [-0.15, -0.1) is 0 Å². The first kappa shape index (κ1) is 17.3. The zero-order valence-electron chi connectivity index (χ0n) is 11.3.